The van der Waals surface area contributed by atoms with E-state index in [1.165, 1.54) is 0 Å². The summed E-state index contributed by atoms with van der Waals surface area (Å²) in [4.78, 5) is 33.5. The van der Waals surface area contributed by atoms with E-state index < -0.39 is 6.04 Å². The average molecular weight is 402 g/mol. The minimum absolute atomic E-state index is 0.309. The smallest absolute Gasteiger partial charge is 0.251 e. The number of pyridine rings is 1. The van der Waals surface area contributed by atoms with Gasteiger partial charge in [0.05, 0.1) is 11.9 Å². The molecular formula is C20H24ClN5O2. The second kappa shape index (κ2) is 9.03. The van der Waals surface area contributed by atoms with Gasteiger partial charge in [0.15, 0.2) is 0 Å². The number of carbonyl (C=O) groups is 2. The molecule has 0 aliphatic carbocycles. The van der Waals surface area contributed by atoms with Crippen LogP contribution in [0.2, 0.25) is 5.02 Å². The number of rotatable bonds is 5. The lowest BCUT2D eigenvalue weighted by Crippen LogP contribution is -2.44. The molecule has 1 atom stereocenters. The number of nitrogens with zero attached hydrogens (tertiary/aromatic N) is 3. The number of amides is 2. The van der Waals surface area contributed by atoms with E-state index in [1.54, 1.807) is 37.4 Å². The number of anilines is 2. The summed E-state index contributed by atoms with van der Waals surface area (Å²) in [7, 11) is 2.11. The van der Waals surface area contributed by atoms with Gasteiger partial charge in [0.2, 0.25) is 5.91 Å². The van der Waals surface area contributed by atoms with E-state index >= 15 is 0 Å². The lowest BCUT2D eigenvalue weighted by Gasteiger charge is -2.33. The standard InChI is InChI=1S/C20H24ClN5O2/c1-14(23-20(28)15-3-5-16(21)6-4-15)19(27)24-17-7-8-18(22-13-17)26-11-9-25(2)10-12-26/h3-8,13-14H,9-12H2,1-2H3,(H,23,28)(H,24,27). The van der Waals surface area contributed by atoms with E-state index in [1.807, 2.05) is 12.1 Å². The third-order valence-corrected chi connectivity index (χ3v) is 4.94. The topological polar surface area (TPSA) is 77.6 Å². The lowest BCUT2D eigenvalue weighted by molar-refractivity contribution is -0.117. The van der Waals surface area contributed by atoms with E-state index in [2.05, 4.69) is 32.5 Å². The quantitative estimate of drug-likeness (QED) is 0.803. The fourth-order valence-corrected chi connectivity index (χ4v) is 3.01. The normalized spacial score (nSPS) is 15.8. The molecule has 0 spiro atoms. The van der Waals surface area contributed by atoms with Gasteiger partial charge in [0, 0.05) is 36.8 Å². The summed E-state index contributed by atoms with van der Waals surface area (Å²) in [6, 6.07) is 9.53. The van der Waals surface area contributed by atoms with Crippen LogP contribution in [0.4, 0.5) is 11.5 Å². The van der Waals surface area contributed by atoms with Crippen LogP contribution in [0.5, 0.6) is 0 Å². The van der Waals surface area contributed by atoms with E-state index in [0.717, 1.165) is 32.0 Å². The highest BCUT2D eigenvalue weighted by atomic mass is 35.5. The molecule has 1 aliphatic rings. The van der Waals surface area contributed by atoms with Crippen LogP contribution in [-0.4, -0.2) is 61.0 Å². The number of benzene rings is 1. The summed E-state index contributed by atoms with van der Waals surface area (Å²) in [5.41, 5.74) is 1.04. The van der Waals surface area contributed by atoms with Gasteiger partial charge < -0.3 is 20.4 Å². The minimum atomic E-state index is -0.694. The second-order valence-corrected chi connectivity index (χ2v) is 7.32. The first-order valence-electron chi connectivity index (χ1n) is 9.19. The van der Waals surface area contributed by atoms with Gasteiger partial charge in [0.25, 0.3) is 5.91 Å². The Morgan fingerprint density at radius 1 is 1.07 bits per heavy atom. The molecule has 1 fully saturated rings. The van der Waals surface area contributed by atoms with Crippen molar-refractivity contribution in [1.82, 2.24) is 15.2 Å². The van der Waals surface area contributed by atoms with Crippen LogP contribution >= 0.6 is 11.6 Å². The highest BCUT2D eigenvalue weighted by Crippen LogP contribution is 2.16. The zero-order chi connectivity index (χ0) is 20.1. The van der Waals surface area contributed by atoms with Gasteiger partial charge in [-0.3, -0.25) is 9.59 Å². The van der Waals surface area contributed by atoms with Gasteiger partial charge in [-0.15, -0.1) is 0 Å². The number of piperazine rings is 1. The molecule has 1 aromatic heterocycles. The predicted molar refractivity (Wildman–Crippen MR) is 111 cm³/mol. The Labute approximate surface area is 169 Å². The highest BCUT2D eigenvalue weighted by Gasteiger charge is 2.18. The largest absolute Gasteiger partial charge is 0.354 e. The fraction of sp³-hybridized carbons (Fsp3) is 0.350. The molecule has 8 heteroatoms. The summed E-state index contributed by atoms with van der Waals surface area (Å²) in [6.45, 7) is 5.51. The molecule has 0 saturated carbocycles. The van der Waals surface area contributed by atoms with Crippen molar-refractivity contribution in [3.63, 3.8) is 0 Å². The Hall–Kier alpha value is -2.64. The summed E-state index contributed by atoms with van der Waals surface area (Å²) in [5.74, 6) is 0.259. The molecule has 3 rings (SSSR count). The molecular weight excluding hydrogens is 378 g/mol. The maximum atomic E-state index is 12.4. The molecule has 1 saturated heterocycles. The number of carbonyl (C=O) groups excluding carboxylic acids is 2. The molecule has 28 heavy (non-hydrogen) atoms. The van der Waals surface area contributed by atoms with Crippen LogP contribution in [0.25, 0.3) is 0 Å². The molecule has 1 unspecified atom stereocenters. The van der Waals surface area contributed by atoms with Crippen molar-refractivity contribution >= 4 is 34.9 Å². The Bertz CT molecular complexity index is 817. The van der Waals surface area contributed by atoms with Crippen molar-refractivity contribution in [2.75, 3.05) is 43.4 Å². The molecule has 7 nitrogen and oxygen atoms in total. The van der Waals surface area contributed by atoms with Crippen molar-refractivity contribution in [3.05, 3.63) is 53.2 Å². The Kier molecular flexibility index (Phi) is 6.49. The third-order valence-electron chi connectivity index (χ3n) is 4.69. The number of hydrogen-bond acceptors (Lipinski definition) is 5. The maximum absolute atomic E-state index is 12.4. The van der Waals surface area contributed by atoms with Gasteiger partial charge in [-0.25, -0.2) is 4.98 Å². The highest BCUT2D eigenvalue weighted by molar-refractivity contribution is 6.30. The van der Waals surface area contributed by atoms with Gasteiger partial charge in [-0.1, -0.05) is 11.6 Å². The van der Waals surface area contributed by atoms with Crippen LogP contribution < -0.4 is 15.5 Å². The Balaban J connectivity index is 1.53. The Morgan fingerprint density at radius 3 is 2.36 bits per heavy atom. The summed E-state index contributed by atoms with van der Waals surface area (Å²) in [6.07, 6.45) is 1.64. The van der Waals surface area contributed by atoms with Crippen molar-refractivity contribution in [3.8, 4) is 0 Å². The first-order valence-corrected chi connectivity index (χ1v) is 9.57. The van der Waals surface area contributed by atoms with Crippen molar-refractivity contribution in [2.24, 2.45) is 0 Å². The number of likely N-dealkylation sites (N-methyl/N-ethyl adjacent to an activating group) is 1. The molecule has 1 aliphatic heterocycles. The lowest BCUT2D eigenvalue weighted by atomic mass is 10.2. The van der Waals surface area contributed by atoms with Gasteiger partial charge in [0.1, 0.15) is 11.9 Å². The summed E-state index contributed by atoms with van der Waals surface area (Å²) < 4.78 is 0. The first kappa shape index (κ1) is 20.1. The number of hydrogen-bond donors (Lipinski definition) is 2. The van der Waals surface area contributed by atoms with Gasteiger partial charge in [-0.2, -0.15) is 0 Å². The number of nitrogens with one attached hydrogen (secondary N) is 2. The molecule has 2 N–H and O–H groups in total. The van der Waals surface area contributed by atoms with Crippen molar-refractivity contribution in [2.45, 2.75) is 13.0 Å². The first-order chi connectivity index (χ1) is 13.4. The molecule has 0 bridgehead atoms. The van der Waals surface area contributed by atoms with Crippen LogP contribution in [0.1, 0.15) is 17.3 Å². The minimum Gasteiger partial charge on any atom is -0.354 e. The fourth-order valence-electron chi connectivity index (χ4n) is 2.88. The SMILES string of the molecule is CC(NC(=O)c1ccc(Cl)cc1)C(=O)Nc1ccc(N2CCN(C)CC2)nc1. The second-order valence-electron chi connectivity index (χ2n) is 6.89. The van der Waals surface area contributed by atoms with E-state index in [4.69, 9.17) is 11.6 Å². The number of halogens is 1. The van der Waals surface area contributed by atoms with E-state index in [9.17, 15) is 9.59 Å². The average Bonchev–Trinajstić information content (AvgIpc) is 2.69. The molecule has 1 aromatic carbocycles. The Morgan fingerprint density at radius 2 is 1.75 bits per heavy atom. The van der Waals surface area contributed by atoms with Crippen LogP contribution in [0, 0.1) is 0 Å². The van der Waals surface area contributed by atoms with Crippen molar-refractivity contribution in [1.29, 1.82) is 0 Å². The van der Waals surface area contributed by atoms with E-state index in [0.29, 0.717) is 16.3 Å². The third kappa shape index (κ3) is 5.21. The molecule has 0 radical (unpaired) electrons. The monoisotopic (exact) mass is 401 g/mol. The predicted octanol–water partition coefficient (Wildman–Crippen LogP) is 2.24. The zero-order valence-electron chi connectivity index (χ0n) is 16.0. The molecule has 2 amide bonds. The van der Waals surface area contributed by atoms with Crippen LogP contribution in [-0.2, 0) is 4.79 Å². The summed E-state index contributed by atoms with van der Waals surface area (Å²) >= 11 is 5.82. The van der Waals surface area contributed by atoms with Gasteiger partial charge in [-0.05, 0) is 50.4 Å². The van der Waals surface area contributed by atoms with Crippen LogP contribution in [0.15, 0.2) is 42.6 Å². The maximum Gasteiger partial charge on any atom is 0.251 e. The number of aromatic nitrogens is 1. The zero-order valence-corrected chi connectivity index (χ0v) is 16.7. The van der Waals surface area contributed by atoms with Crippen molar-refractivity contribution < 1.29 is 9.59 Å². The molecule has 148 valence electrons. The van der Waals surface area contributed by atoms with E-state index in [-0.39, 0.29) is 11.8 Å². The van der Waals surface area contributed by atoms with Gasteiger partial charge >= 0.3 is 0 Å². The molecule has 2 heterocycles. The molecule has 2 aromatic rings. The summed E-state index contributed by atoms with van der Waals surface area (Å²) in [5, 5.41) is 6.01. The van der Waals surface area contributed by atoms with Crippen LogP contribution in [0.3, 0.4) is 0 Å².